The van der Waals surface area contributed by atoms with E-state index in [1.165, 1.54) is 0 Å². The molecule has 94 valence electrons. The number of rotatable bonds is 4. The fraction of sp³-hybridized carbons (Fsp3) is 0.267. The summed E-state index contributed by atoms with van der Waals surface area (Å²) >= 11 is 4.13. The van der Waals surface area contributed by atoms with E-state index < -0.39 is 0 Å². The van der Waals surface area contributed by atoms with Gasteiger partial charge in [0.25, 0.3) is 0 Å². The van der Waals surface area contributed by atoms with Gasteiger partial charge in [-0.25, -0.2) is 0 Å². The van der Waals surface area contributed by atoms with Crippen LogP contribution in [-0.4, -0.2) is 18.2 Å². The van der Waals surface area contributed by atoms with Crippen LogP contribution in [0.1, 0.15) is 13.3 Å². The van der Waals surface area contributed by atoms with Gasteiger partial charge in [0.2, 0.25) is 5.91 Å². The van der Waals surface area contributed by atoms with Gasteiger partial charge in [0.1, 0.15) is 0 Å². The fourth-order valence-corrected chi connectivity index (χ4v) is 2.35. The highest BCUT2D eigenvalue weighted by molar-refractivity contribution is 7.80. The lowest BCUT2D eigenvalue weighted by molar-refractivity contribution is -0.118. The van der Waals surface area contributed by atoms with Crippen molar-refractivity contribution in [1.29, 1.82) is 0 Å². The second-order valence-corrected chi connectivity index (χ2v) is 4.56. The Hall–Kier alpha value is -1.48. The van der Waals surface area contributed by atoms with Crippen molar-refractivity contribution in [2.45, 2.75) is 13.3 Å². The van der Waals surface area contributed by atoms with Crippen LogP contribution >= 0.6 is 12.6 Å². The molecular formula is C15H17NOS. The number of fused-ring (bicyclic) bond motifs is 1. The summed E-state index contributed by atoms with van der Waals surface area (Å²) in [5.74, 6) is 0.712. The molecule has 0 saturated heterocycles. The molecule has 0 fully saturated rings. The first-order chi connectivity index (χ1) is 8.77. The highest BCUT2D eigenvalue weighted by Crippen LogP contribution is 2.27. The van der Waals surface area contributed by atoms with E-state index in [-0.39, 0.29) is 5.91 Å². The van der Waals surface area contributed by atoms with Gasteiger partial charge < -0.3 is 4.90 Å². The smallest absolute Gasteiger partial charge is 0.227 e. The normalized spacial score (nSPS) is 10.6. The average Bonchev–Trinajstić information content (AvgIpc) is 2.40. The predicted molar refractivity (Wildman–Crippen MR) is 80.4 cm³/mol. The Morgan fingerprint density at radius 1 is 1.17 bits per heavy atom. The predicted octanol–water partition coefficient (Wildman–Crippen LogP) is 3.51. The number of benzene rings is 2. The Morgan fingerprint density at radius 3 is 2.61 bits per heavy atom. The van der Waals surface area contributed by atoms with E-state index in [1.54, 1.807) is 0 Å². The highest BCUT2D eigenvalue weighted by atomic mass is 32.1. The number of carbonyl (C=O) groups excluding carboxylic acids is 1. The van der Waals surface area contributed by atoms with Gasteiger partial charge in [-0.1, -0.05) is 36.4 Å². The summed E-state index contributed by atoms with van der Waals surface area (Å²) in [5, 5.41) is 2.28. The van der Waals surface area contributed by atoms with Gasteiger partial charge in [0.15, 0.2) is 0 Å². The van der Waals surface area contributed by atoms with E-state index >= 15 is 0 Å². The number of nitrogens with zero attached hydrogens (tertiary/aromatic N) is 1. The second kappa shape index (κ2) is 5.91. The number of hydrogen-bond acceptors (Lipinski definition) is 2. The molecule has 0 bridgehead atoms. The van der Waals surface area contributed by atoms with Crippen LogP contribution in [0.25, 0.3) is 10.8 Å². The Bertz CT molecular complexity index is 548. The molecule has 2 aromatic rings. The summed E-state index contributed by atoms with van der Waals surface area (Å²) in [5.41, 5.74) is 0.988. The lowest BCUT2D eigenvalue weighted by Crippen LogP contribution is -2.30. The summed E-state index contributed by atoms with van der Waals surface area (Å²) in [6.45, 7) is 2.68. The quantitative estimate of drug-likeness (QED) is 0.833. The van der Waals surface area contributed by atoms with E-state index in [9.17, 15) is 4.79 Å². The molecule has 18 heavy (non-hydrogen) atoms. The van der Waals surface area contributed by atoms with Crippen molar-refractivity contribution in [2.75, 3.05) is 17.2 Å². The zero-order chi connectivity index (χ0) is 13.0. The molecule has 1 amide bonds. The lowest BCUT2D eigenvalue weighted by Gasteiger charge is -2.22. The zero-order valence-electron chi connectivity index (χ0n) is 10.5. The molecule has 0 radical (unpaired) electrons. The maximum atomic E-state index is 12.1. The van der Waals surface area contributed by atoms with Crippen molar-refractivity contribution in [3.63, 3.8) is 0 Å². The Labute approximate surface area is 113 Å². The Kier molecular flexibility index (Phi) is 4.26. The second-order valence-electron chi connectivity index (χ2n) is 4.11. The summed E-state index contributed by atoms with van der Waals surface area (Å²) in [7, 11) is 0. The van der Waals surface area contributed by atoms with Crippen LogP contribution in [0.3, 0.4) is 0 Å². The molecule has 0 atom stereocenters. The van der Waals surface area contributed by atoms with E-state index in [0.717, 1.165) is 16.5 Å². The zero-order valence-corrected chi connectivity index (χ0v) is 11.4. The van der Waals surface area contributed by atoms with Crippen LogP contribution in [0.5, 0.6) is 0 Å². The first kappa shape index (κ1) is 13.0. The largest absolute Gasteiger partial charge is 0.312 e. The third-order valence-corrected chi connectivity index (χ3v) is 3.22. The van der Waals surface area contributed by atoms with Crippen molar-refractivity contribution >= 4 is 35.0 Å². The average molecular weight is 259 g/mol. The third-order valence-electron chi connectivity index (χ3n) is 3.00. The number of thiol groups is 1. The van der Waals surface area contributed by atoms with Gasteiger partial charge >= 0.3 is 0 Å². The molecule has 2 nitrogen and oxygen atoms in total. The van der Waals surface area contributed by atoms with E-state index in [2.05, 4.69) is 30.8 Å². The van der Waals surface area contributed by atoms with Crippen LogP contribution in [0.15, 0.2) is 42.5 Å². The fourth-order valence-electron chi connectivity index (χ4n) is 2.16. The van der Waals surface area contributed by atoms with Gasteiger partial charge in [-0.15, -0.1) is 0 Å². The number of hydrogen-bond donors (Lipinski definition) is 1. The molecule has 0 saturated carbocycles. The van der Waals surface area contributed by atoms with Crippen molar-refractivity contribution < 1.29 is 4.79 Å². The molecule has 2 rings (SSSR count). The molecule has 0 aromatic heterocycles. The minimum Gasteiger partial charge on any atom is -0.312 e. The lowest BCUT2D eigenvalue weighted by atomic mass is 10.1. The number of anilines is 1. The minimum absolute atomic E-state index is 0.129. The monoisotopic (exact) mass is 259 g/mol. The molecule has 0 N–H and O–H groups in total. The molecule has 0 aliphatic heterocycles. The molecule has 2 aromatic carbocycles. The first-order valence-corrected chi connectivity index (χ1v) is 6.80. The summed E-state index contributed by atoms with van der Waals surface area (Å²) in [6.07, 6.45) is 0.472. The molecule has 0 aliphatic rings. The van der Waals surface area contributed by atoms with Crippen LogP contribution < -0.4 is 4.90 Å². The standard InChI is InChI=1S/C15H17NOS/c1-2-16(15(17)10-11-18)14-9-5-7-12-6-3-4-8-13(12)14/h3-9,18H,2,10-11H2,1H3. The Balaban J connectivity index is 2.48. The SMILES string of the molecule is CCN(C(=O)CCS)c1cccc2ccccc12. The van der Waals surface area contributed by atoms with E-state index in [1.807, 2.05) is 36.1 Å². The maximum Gasteiger partial charge on any atom is 0.227 e. The van der Waals surface area contributed by atoms with Gasteiger partial charge in [0.05, 0.1) is 5.69 Å². The van der Waals surface area contributed by atoms with Crippen LogP contribution in [0, 0.1) is 0 Å². The van der Waals surface area contributed by atoms with Crippen LogP contribution in [-0.2, 0) is 4.79 Å². The highest BCUT2D eigenvalue weighted by Gasteiger charge is 2.14. The van der Waals surface area contributed by atoms with Crippen LogP contribution in [0.2, 0.25) is 0 Å². The molecule has 0 aliphatic carbocycles. The van der Waals surface area contributed by atoms with Gasteiger partial charge in [-0.05, 0) is 24.1 Å². The topological polar surface area (TPSA) is 20.3 Å². The van der Waals surface area contributed by atoms with Crippen molar-refractivity contribution in [3.05, 3.63) is 42.5 Å². The van der Waals surface area contributed by atoms with E-state index in [4.69, 9.17) is 0 Å². The number of carbonyl (C=O) groups is 1. The maximum absolute atomic E-state index is 12.1. The van der Waals surface area contributed by atoms with Crippen molar-refractivity contribution in [1.82, 2.24) is 0 Å². The van der Waals surface area contributed by atoms with Gasteiger partial charge in [0, 0.05) is 18.4 Å². The molecule has 0 spiro atoms. The van der Waals surface area contributed by atoms with E-state index in [0.29, 0.717) is 18.7 Å². The summed E-state index contributed by atoms with van der Waals surface area (Å²) in [6, 6.07) is 14.2. The summed E-state index contributed by atoms with van der Waals surface area (Å²) in [4.78, 5) is 13.9. The molecule has 0 heterocycles. The van der Waals surface area contributed by atoms with Crippen LogP contribution in [0.4, 0.5) is 5.69 Å². The minimum atomic E-state index is 0.129. The molecular weight excluding hydrogens is 242 g/mol. The van der Waals surface area contributed by atoms with Crippen molar-refractivity contribution in [3.8, 4) is 0 Å². The van der Waals surface area contributed by atoms with Gasteiger partial charge in [-0.3, -0.25) is 4.79 Å². The Morgan fingerprint density at radius 2 is 1.89 bits per heavy atom. The van der Waals surface area contributed by atoms with Gasteiger partial charge in [-0.2, -0.15) is 12.6 Å². The number of amides is 1. The molecule has 3 heteroatoms. The summed E-state index contributed by atoms with van der Waals surface area (Å²) < 4.78 is 0. The molecule has 0 unspecified atom stereocenters. The van der Waals surface area contributed by atoms with Crippen molar-refractivity contribution in [2.24, 2.45) is 0 Å². The third kappa shape index (κ3) is 2.51. The first-order valence-electron chi connectivity index (χ1n) is 6.17.